The highest BCUT2D eigenvalue weighted by Gasteiger charge is 2.07. The molecule has 0 bridgehead atoms. The van der Waals surface area contributed by atoms with Crippen LogP contribution in [0.4, 0.5) is 0 Å². The third-order valence-corrected chi connectivity index (χ3v) is 4.40. The number of nitrogens with zero attached hydrogens (tertiary/aromatic N) is 1. The second-order valence-electron chi connectivity index (χ2n) is 4.96. The van der Waals surface area contributed by atoms with Gasteiger partial charge in [-0.25, -0.2) is 8.42 Å². The zero-order valence-electron chi connectivity index (χ0n) is 13.1. The van der Waals surface area contributed by atoms with E-state index in [4.69, 9.17) is 0 Å². The maximum Gasteiger partial charge on any atom is 0.191 e. The molecule has 0 fully saturated rings. The first kappa shape index (κ1) is 22.2. The Hall–Kier alpha value is -0.0500. The number of halogens is 1. The van der Waals surface area contributed by atoms with Crippen molar-refractivity contribution in [3.63, 3.8) is 0 Å². The van der Waals surface area contributed by atoms with Crippen molar-refractivity contribution in [2.75, 3.05) is 31.1 Å². The highest BCUT2D eigenvalue weighted by atomic mass is 127. The maximum atomic E-state index is 11.4. The van der Waals surface area contributed by atoms with Crippen LogP contribution in [0.25, 0.3) is 0 Å². The summed E-state index contributed by atoms with van der Waals surface area (Å²) in [5.41, 5.74) is 0. The largest absolute Gasteiger partial charge is 0.357 e. The van der Waals surface area contributed by atoms with Gasteiger partial charge in [0.1, 0.15) is 0 Å². The van der Waals surface area contributed by atoms with Gasteiger partial charge in [-0.3, -0.25) is 4.99 Å². The van der Waals surface area contributed by atoms with Gasteiger partial charge in [0.15, 0.2) is 15.8 Å². The lowest BCUT2D eigenvalue weighted by molar-refractivity contribution is 0.560. The third kappa shape index (κ3) is 13.0. The van der Waals surface area contributed by atoms with E-state index < -0.39 is 9.84 Å². The molecule has 0 aromatic carbocycles. The van der Waals surface area contributed by atoms with E-state index in [1.54, 1.807) is 6.92 Å². The molecule has 0 aliphatic rings. The molecule has 0 atom stereocenters. The fourth-order valence-corrected chi connectivity index (χ4v) is 2.20. The Labute approximate surface area is 141 Å². The van der Waals surface area contributed by atoms with E-state index in [0.29, 0.717) is 18.4 Å². The Kier molecular flexibility index (Phi) is 14.1. The number of aliphatic imine (C=N–C) groups is 1. The van der Waals surface area contributed by atoms with Crippen LogP contribution in [0.15, 0.2) is 4.99 Å². The Bertz CT molecular complexity index is 357. The average Bonchev–Trinajstić information content (AvgIpc) is 2.34. The van der Waals surface area contributed by atoms with Gasteiger partial charge in [0.05, 0.1) is 5.75 Å². The van der Waals surface area contributed by atoms with Crippen molar-refractivity contribution in [3.05, 3.63) is 0 Å². The molecule has 0 amide bonds. The van der Waals surface area contributed by atoms with Crippen molar-refractivity contribution < 1.29 is 8.42 Å². The number of sulfone groups is 1. The summed E-state index contributed by atoms with van der Waals surface area (Å²) >= 11 is 0. The van der Waals surface area contributed by atoms with Crippen molar-refractivity contribution >= 4 is 39.8 Å². The standard InChI is InChI=1S/C13H29N3O2S.HI/c1-5-14-13(15-9-7-8-12(3)4)16-10-11-19(17,18)6-2;/h12H,5-11H2,1-4H3,(H2,14,15,16);1H. The van der Waals surface area contributed by atoms with Crippen LogP contribution in [0.5, 0.6) is 0 Å². The summed E-state index contributed by atoms with van der Waals surface area (Å²) in [4.78, 5) is 4.43. The van der Waals surface area contributed by atoms with Crippen LogP contribution in [0.3, 0.4) is 0 Å². The summed E-state index contributed by atoms with van der Waals surface area (Å²) in [5, 5.41) is 6.18. The van der Waals surface area contributed by atoms with E-state index in [0.717, 1.165) is 25.9 Å². The van der Waals surface area contributed by atoms with Gasteiger partial charge >= 0.3 is 0 Å². The van der Waals surface area contributed by atoms with Gasteiger partial charge in [0.2, 0.25) is 0 Å². The molecule has 0 radical (unpaired) electrons. The van der Waals surface area contributed by atoms with Crippen LogP contribution in [-0.4, -0.2) is 45.5 Å². The quantitative estimate of drug-likeness (QED) is 0.260. The van der Waals surface area contributed by atoms with Crippen LogP contribution in [-0.2, 0) is 9.84 Å². The lowest BCUT2D eigenvalue weighted by atomic mass is 10.1. The lowest BCUT2D eigenvalue weighted by Crippen LogP contribution is -2.39. The number of hydrogen-bond donors (Lipinski definition) is 2. The summed E-state index contributed by atoms with van der Waals surface area (Å²) in [6, 6.07) is 0. The summed E-state index contributed by atoms with van der Waals surface area (Å²) in [6.07, 6.45) is 2.22. The molecule has 0 aromatic heterocycles. The van der Waals surface area contributed by atoms with Crippen LogP contribution in [0.2, 0.25) is 0 Å². The highest BCUT2D eigenvalue weighted by molar-refractivity contribution is 14.0. The fourth-order valence-electron chi connectivity index (χ4n) is 1.50. The Morgan fingerprint density at radius 1 is 1.20 bits per heavy atom. The van der Waals surface area contributed by atoms with Gasteiger partial charge < -0.3 is 10.6 Å². The van der Waals surface area contributed by atoms with E-state index >= 15 is 0 Å². The van der Waals surface area contributed by atoms with E-state index in [1.165, 1.54) is 0 Å². The molecule has 0 unspecified atom stereocenters. The third-order valence-electron chi connectivity index (χ3n) is 2.70. The van der Waals surface area contributed by atoms with Crippen LogP contribution in [0.1, 0.15) is 40.5 Å². The predicted octanol–water partition coefficient (Wildman–Crippen LogP) is 2.03. The van der Waals surface area contributed by atoms with Crippen molar-refractivity contribution in [2.24, 2.45) is 10.9 Å². The molecule has 0 aliphatic heterocycles. The Balaban J connectivity index is 0. The minimum atomic E-state index is -2.91. The Morgan fingerprint density at radius 2 is 1.85 bits per heavy atom. The SMILES string of the molecule is CCNC(=NCCCC(C)C)NCCS(=O)(=O)CC.I. The van der Waals surface area contributed by atoms with Crippen LogP contribution < -0.4 is 10.6 Å². The zero-order valence-corrected chi connectivity index (χ0v) is 16.3. The molecule has 0 aliphatic carbocycles. The summed E-state index contributed by atoms with van der Waals surface area (Å²) in [6.45, 7) is 10.0. The fraction of sp³-hybridized carbons (Fsp3) is 0.923. The highest BCUT2D eigenvalue weighted by Crippen LogP contribution is 2.02. The maximum absolute atomic E-state index is 11.4. The molecule has 122 valence electrons. The minimum absolute atomic E-state index is 0. The first-order valence-electron chi connectivity index (χ1n) is 7.13. The summed E-state index contributed by atoms with van der Waals surface area (Å²) < 4.78 is 22.7. The van der Waals surface area contributed by atoms with Gasteiger partial charge in [-0.1, -0.05) is 20.8 Å². The predicted molar refractivity (Wildman–Crippen MR) is 97.8 cm³/mol. The van der Waals surface area contributed by atoms with Gasteiger partial charge in [-0.05, 0) is 25.7 Å². The summed E-state index contributed by atoms with van der Waals surface area (Å²) in [5.74, 6) is 1.74. The second-order valence-corrected chi connectivity index (χ2v) is 7.43. The first-order valence-corrected chi connectivity index (χ1v) is 8.96. The number of nitrogens with one attached hydrogen (secondary N) is 2. The molecule has 7 heteroatoms. The monoisotopic (exact) mass is 419 g/mol. The van der Waals surface area contributed by atoms with E-state index in [9.17, 15) is 8.42 Å². The molecule has 0 aromatic rings. The molecule has 20 heavy (non-hydrogen) atoms. The van der Waals surface area contributed by atoms with E-state index in [1.807, 2.05) is 6.92 Å². The smallest absolute Gasteiger partial charge is 0.191 e. The van der Waals surface area contributed by atoms with Crippen molar-refractivity contribution in [3.8, 4) is 0 Å². The van der Waals surface area contributed by atoms with Gasteiger partial charge in [0.25, 0.3) is 0 Å². The second kappa shape index (κ2) is 12.7. The average molecular weight is 419 g/mol. The molecule has 0 heterocycles. The molecular formula is C13H30IN3O2S. The minimum Gasteiger partial charge on any atom is -0.357 e. The summed E-state index contributed by atoms with van der Waals surface area (Å²) in [7, 11) is -2.91. The molecular weight excluding hydrogens is 389 g/mol. The number of hydrogen-bond acceptors (Lipinski definition) is 3. The molecule has 0 saturated heterocycles. The van der Waals surface area contributed by atoms with Crippen molar-refractivity contribution in [1.82, 2.24) is 10.6 Å². The van der Waals surface area contributed by atoms with Gasteiger partial charge in [0, 0.05) is 25.4 Å². The number of guanidine groups is 1. The van der Waals surface area contributed by atoms with E-state index in [2.05, 4.69) is 29.5 Å². The van der Waals surface area contributed by atoms with Crippen molar-refractivity contribution in [1.29, 1.82) is 0 Å². The normalized spacial score (nSPS) is 12.2. The van der Waals surface area contributed by atoms with Gasteiger partial charge in [-0.15, -0.1) is 24.0 Å². The van der Waals surface area contributed by atoms with Gasteiger partial charge in [-0.2, -0.15) is 0 Å². The lowest BCUT2D eigenvalue weighted by Gasteiger charge is -2.11. The molecule has 0 rings (SSSR count). The zero-order chi connectivity index (χ0) is 14.7. The molecule has 0 saturated carbocycles. The first-order chi connectivity index (χ1) is 8.91. The molecule has 5 nitrogen and oxygen atoms in total. The van der Waals surface area contributed by atoms with E-state index in [-0.39, 0.29) is 35.5 Å². The molecule has 0 spiro atoms. The Morgan fingerprint density at radius 3 is 2.35 bits per heavy atom. The van der Waals surface area contributed by atoms with Crippen LogP contribution in [0, 0.1) is 5.92 Å². The van der Waals surface area contributed by atoms with Crippen LogP contribution >= 0.6 is 24.0 Å². The topological polar surface area (TPSA) is 70.6 Å². The molecule has 2 N–H and O–H groups in total. The van der Waals surface area contributed by atoms with Crippen molar-refractivity contribution in [2.45, 2.75) is 40.5 Å². The number of rotatable bonds is 9.